The highest BCUT2D eigenvalue weighted by Crippen LogP contribution is 2.51. The number of rotatable bonds is 8. The number of carbonyl (C=O) groups excluding carboxylic acids is 2. The van der Waals surface area contributed by atoms with Crippen LogP contribution in [0.3, 0.4) is 0 Å². The van der Waals surface area contributed by atoms with Crippen LogP contribution in [0.15, 0.2) is 12.3 Å². The van der Waals surface area contributed by atoms with E-state index in [1.165, 1.54) is 0 Å². The molecular formula is C25H35N5O4. The molecule has 3 N–H and O–H groups in total. The lowest BCUT2D eigenvalue weighted by molar-refractivity contribution is -0.120. The molecule has 2 heterocycles. The molecule has 2 aromatic rings. The zero-order chi connectivity index (χ0) is 24.6. The third-order valence-corrected chi connectivity index (χ3v) is 6.38. The number of aryl methyl sites for hydroxylation is 2. The number of nitrogens with one attached hydrogen (secondary N) is 3. The van der Waals surface area contributed by atoms with Crippen LogP contribution >= 0.6 is 0 Å². The number of aromatic amines is 1. The highest BCUT2D eigenvalue weighted by Gasteiger charge is 2.48. The van der Waals surface area contributed by atoms with Gasteiger partial charge in [0.25, 0.3) is 0 Å². The van der Waals surface area contributed by atoms with Crippen LogP contribution in [-0.4, -0.2) is 45.9 Å². The minimum absolute atomic E-state index is 0.109. The first kappa shape index (κ1) is 24.0. The molecule has 0 aliphatic heterocycles. The number of anilines is 1. The van der Waals surface area contributed by atoms with Gasteiger partial charge in [0.2, 0.25) is 5.91 Å². The van der Waals surface area contributed by atoms with E-state index >= 15 is 0 Å². The van der Waals surface area contributed by atoms with Crippen LogP contribution in [0, 0.1) is 31.6 Å². The summed E-state index contributed by atoms with van der Waals surface area (Å²) < 4.78 is 11.0. The van der Waals surface area contributed by atoms with E-state index in [9.17, 15) is 9.59 Å². The van der Waals surface area contributed by atoms with E-state index in [4.69, 9.17) is 9.47 Å². The lowest BCUT2D eigenvalue weighted by atomic mass is 9.88. The number of carbonyl (C=O) groups is 2. The van der Waals surface area contributed by atoms with Gasteiger partial charge in [-0.2, -0.15) is 5.10 Å². The Morgan fingerprint density at radius 3 is 2.29 bits per heavy atom. The molecule has 0 saturated heterocycles. The number of pyridine rings is 1. The van der Waals surface area contributed by atoms with E-state index in [0.29, 0.717) is 29.0 Å². The number of H-pyrrole nitrogens is 1. The van der Waals surface area contributed by atoms with Crippen molar-refractivity contribution in [3.8, 4) is 17.0 Å². The third-order valence-electron chi connectivity index (χ3n) is 6.38. The Hall–Kier alpha value is -3.10. The van der Waals surface area contributed by atoms with Gasteiger partial charge in [-0.05, 0) is 78.1 Å². The summed E-state index contributed by atoms with van der Waals surface area (Å²) in [6.07, 6.45) is 5.40. The summed E-state index contributed by atoms with van der Waals surface area (Å²) >= 11 is 0. The smallest absolute Gasteiger partial charge is 0.408 e. The van der Waals surface area contributed by atoms with Crippen molar-refractivity contribution in [2.75, 3.05) is 12.4 Å². The van der Waals surface area contributed by atoms with Crippen LogP contribution in [0.5, 0.6) is 5.75 Å². The summed E-state index contributed by atoms with van der Waals surface area (Å²) in [5.41, 5.74) is 3.10. The first-order valence-electron chi connectivity index (χ1n) is 11.9. The van der Waals surface area contributed by atoms with Crippen molar-refractivity contribution in [1.29, 1.82) is 0 Å². The van der Waals surface area contributed by atoms with Crippen molar-refractivity contribution in [1.82, 2.24) is 20.5 Å². The van der Waals surface area contributed by atoms with E-state index in [-0.39, 0.29) is 11.8 Å². The lowest BCUT2D eigenvalue weighted by Crippen LogP contribution is -2.51. The number of aromatic nitrogens is 3. The molecule has 0 bridgehead atoms. The van der Waals surface area contributed by atoms with Gasteiger partial charge in [-0.25, -0.2) is 4.79 Å². The van der Waals surface area contributed by atoms with Gasteiger partial charge in [0, 0.05) is 17.3 Å². The number of methoxy groups -OCH3 is 1. The Morgan fingerprint density at radius 1 is 1.15 bits per heavy atom. The monoisotopic (exact) mass is 469 g/mol. The molecule has 0 aromatic carbocycles. The fourth-order valence-electron chi connectivity index (χ4n) is 4.64. The van der Waals surface area contributed by atoms with Gasteiger partial charge in [-0.3, -0.25) is 14.9 Å². The molecule has 2 aromatic heterocycles. The second kappa shape index (κ2) is 9.27. The molecule has 4 rings (SSSR count). The summed E-state index contributed by atoms with van der Waals surface area (Å²) in [7, 11) is 1.57. The number of alkyl carbamates (subject to hydrolysis) is 1. The number of hydrogen-bond acceptors (Lipinski definition) is 6. The van der Waals surface area contributed by atoms with Crippen LogP contribution in [0.25, 0.3) is 11.3 Å². The van der Waals surface area contributed by atoms with Crippen LogP contribution in [0.2, 0.25) is 0 Å². The number of amides is 2. The predicted octanol–water partition coefficient (Wildman–Crippen LogP) is 4.37. The Bertz CT molecular complexity index is 1030. The molecule has 34 heavy (non-hydrogen) atoms. The summed E-state index contributed by atoms with van der Waals surface area (Å²) in [6, 6.07) is 1.08. The fraction of sp³-hybridized carbons (Fsp3) is 0.600. The second-order valence-corrected chi connectivity index (χ2v) is 10.4. The van der Waals surface area contributed by atoms with E-state index in [2.05, 4.69) is 25.8 Å². The predicted molar refractivity (Wildman–Crippen MR) is 129 cm³/mol. The molecule has 2 saturated carbocycles. The first-order chi connectivity index (χ1) is 16.1. The summed E-state index contributed by atoms with van der Waals surface area (Å²) in [4.78, 5) is 30.6. The lowest BCUT2D eigenvalue weighted by Gasteiger charge is -2.29. The first-order valence-corrected chi connectivity index (χ1v) is 11.9. The maximum absolute atomic E-state index is 13.5. The molecule has 1 atom stereocenters. The third kappa shape index (κ3) is 5.51. The quantitative estimate of drug-likeness (QED) is 0.528. The standard InChI is InChI=1S/C25H35N5O4/c1-13-19(14(2)30-29-13)21-18(33-6)11-17(12-26-21)27-23(31)22(28-24(32)34-25(3,4)5)20(15-7-8-15)16-9-10-16/h11-12,15-16,20,22H,7-10H2,1-6H3,(H,27,31)(H,28,32)(H,29,30). The van der Waals surface area contributed by atoms with E-state index in [0.717, 1.165) is 42.6 Å². The largest absolute Gasteiger partial charge is 0.494 e. The Labute approximate surface area is 200 Å². The maximum atomic E-state index is 13.5. The average Bonchev–Trinajstić information content (AvgIpc) is 3.67. The average molecular weight is 470 g/mol. The van der Waals surface area contributed by atoms with E-state index in [1.54, 1.807) is 19.4 Å². The molecule has 0 spiro atoms. The SMILES string of the molecule is COc1cc(NC(=O)C(NC(=O)OC(C)(C)C)C(C2CC2)C2CC2)cnc1-c1c(C)n[nH]c1C. The minimum Gasteiger partial charge on any atom is -0.494 e. The molecule has 2 aliphatic carbocycles. The summed E-state index contributed by atoms with van der Waals surface area (Å²) in [5.74, 6) is 1.29. The van der Waals surface area contributed by atoms with Gasteiger partial charge in [0.05, 0.1) is 24.7 Å². The van der Waals surface area contributed by atoms with Gasteiger partial charge in [0.15, 0.2) is 0 Å². The molecule has 184 valence electrons. The van der Waals surface area contributed by atoms with Crippen molar-refractivity contribution in [3.05, 3.63) is 23.7 Å². The van der Waals surface area contributed by atoms with E-state index < -0.39 is 17.7 Å². The van der Waals surface area contributed by atoms with Crippen molar-refractivity contribution >= 4 is 17.7 Å². The molecule has 9 nitrogen and oxygen atoms in total. The summed E-state index contributed by atoms with van der Waals surface area (Å²) in [6.45, 7) is 9.26. The highest BCUT2D eigenvalue weighted by molar-refractivity contribution is 5.97. The number of nitrogens with zero attached hydrogens (tertiary/aromatic N) is 2. The molecule has 2 fully saturated rings. The summed E-state index contributed by atoms with van der Waals surface area (Å²) in [5, 5.41) is 13.0. The highest BCUT2D eigenvalue weighted by atomic mass is 16.6. The van der Waals surface area contributed by atoms with Gasteiger partial charge >= 0.3 is 6.09 Å². The Morgan fingerprint density at radius 2 is 1.79 bits per heavy atom. The van der Waals surface area contributed by atoms with Gasteiger partial charge in [-0.15, -0.1) is 0 Å². The van der Waals surface area contributed by atoms with E-state index in [1.807, 2.05) is 34.6 Å². The van der Waals surface area contributed by atoms with Gasteiger partial charge in [-0.1, -0.05) is 0 Å². The van der Waals surface area contributed by atoms with Crippen molar-refractivity contribution in [3.63, 3.8) is 0 Å². The van der Waals surface area contributed by atoms with Crippen LogP contribution in [0.1, 0.15) is 57.8 Å². The minimum atomic E-state index is -0.668. The van der Waals surface area contributed by atoms with Crippen LogP contribution in [-0.2, 0) is 9.53 Å². The normalized spacial score (nSPS) is 16.8. The van der Waals surface area contributed by atoms with Gasteiger partial charge in [0.1, 0.15) is 23.1 Å². The second-order valence-electron chi connectivity index (χ2n) is 10.4. The molecule has 2 amide bonds. The Kier molecular flexibility index (Phi) is 6.55. The van der Waals surface area contributed by atoms with Crippen LogP contribution in [0.4, 0.5) is 10.5 Å². The molecule has 0 radical (unpaired) electrons. The zero-order valence-electron chi connectivity index (χ0n) is 20.8. The topological polar surface area (TPSA) is 118 Å². The van der Waals surface area contributed by atoms with Gasteiger partial charge < -0.3 is 20.1 Å². The van der Waals surface area contributed by atoms with Crippen molar-refractivity contribution in [2.24, 2.45) is 17.8 Å². The number of hydrogen-bond donors (Lipinski definition) is 3. The number of ether oxygens (including phenoxy) is 2. The molecule has 1 unspecified atom stereocenters. The zero-order valence-corrected chi connectivity index (χ0v) is 20.8. The molecular weight excluding hydrogens is 434 g/mol. The fourth-order valence-corrected chi connectivity index (χ4v) is 4.64. The van der Waals surface area contributed by atoms with Crippen LogP contribution < -0.4 is 15.4 Å². The Balaban J connectivity index is 1.56. The molecule has 2 aliphatic rings. The van der Waals surface area contributed by atoms with Crippen molar-refractivity contribution in [2.45, 2.75) is 71.9 Å². The maximum Gasteiger partial charge on any atom is 0.408 e. The molecule has 9 heteroatoms. The van der Waals surface area contributed by atoms with Crippen molar-refractivity contribution < 1.29 is 19.1 Å².